The molecule has 1 fully saturated rings. The van der Waals surface area contributed by atoms with Crippen LogP contribution in [0.4, 0.5) is 0 Å². The monoisotopic (exact) mass is 255 g/mol. The lowest BCUT2D eigenvalue weighted by atomic mass is 9.97. The summed E-state index contributed by atoms with van der Waals surface area (Å²) in [5.41, 5.74) is 1.40. The first-order valence-electron chi connectivity index (χ1n) is 7.16. The highest BCUT2D eigenvalue weighted by Crippen LogP contribution is 2.23. The SMILES string of the molecule is OC[C@H]1CCCN(Cc2cccc3ccccc23)C1. The van der Waals surface area contributed by atoms with Gasteiger partial charge in [-0.25, -0.2) is 0 Å². The number of fused-ring (bicyclic) bond motifs is 1. The fourth-order valence-electron chi connectivity index (χ4n) is 3.12. The normalized spacial score (nSPS) is 20.8. The van der Waals surface area contributed by atoms with Crippen LogP contribution in [0.25, 0.3) is 10.8 Å². The van der Waals surface area contributed by atoms with Crippen LogP contribution in [0.5, 0.6) is 0 Å². The Kier molecular flexibility index (Phi) is 3.81. The van der Waals surface area contributed by atoms with Gasteiger partial charge >= 0.3 is 0 Å². The first-order chi connectivity index (χ1) is 9.36. The van der Waals surface area contributed by atoms with E-state index in [2.05, 4.69) is 47.4 Å². The van der Waals surface area contributed by atoms with E-state index in [0.717, 1.165) is 19.6 Å². The van der Waals surface area contributed by atoms with Crippen molar-refractivity contribution in [3.63, 3.8) is 0 Å². The van der Waals surface area contributed by atoms with Gasteiger partial charge in [0.25, 0.3) is 0 Å². The van der Waals surface area contributed by atoms with Gasteiger partial charge in [-0.2, -0.15) is 0 Å². The van der Waals surface area contributed by atoms with Crippen molar-refractivity contribution in [3.05, 3.63) is 48.0 Å². The van der Waals surface area contributed by atoms with Crippen molar-refractivity contribution in [2.75, 3.05) is 19.7 Å². The Morgan fingerprint density at radius 1 is 1.11 bits per heavy atom. The van der Waals surface area contributed by atoms with Gasteiger partial charge in [-0.3, -0.25) is 4.90 Å². The van der Waals surface area contributed by atoms with Gasteiger partial charge in [0, 0.05) is 19.7 Å². The highest BCUT2D eigenvalue weighted by Gasteiger charge is 2.19. The van der Waals surface area contributed by atoms with Crippen molar-refractivity contribution < 1.29 is 5.11 Å². The molecule has 0 radical (unpaired) electrons. The van der Waals surface area contributed by atoms with Gasteiger partial charge in [0.2, 0.25) is 0 Å². The number of piperidine rings is 1. The Bertz CT molecular complexity index is 546. The third kappa shape index (κ3) is 2.80. The Labute approximate surface area is 114 Å². The van der Waals surface area contributed by atoms with E-state index >= 15 is 0 Å². The van der Waals surface area contributed by atoms with E-state index in [1.807, 2.05) is 0 Å². The topological polar surface area (TPSA) is 23.5 Å². The maximum atomic E-state index is 9.32. The molecule has 0 aromatic heterocycles. The Hall–Kier alpha value is -1.38. The number of nitrogens with zero attached hydrogens (tertiary/aromatic N) is 1. The lowest BCUT2D eigenvalue weighted by Crippen LogP contribution is -2.36. The van der Waals surface area contributed by atoms with Gasteiger partial charge in [0.05, 0.1) is 0 Å². The summed E-state index contributed by atoms with van der Waals surface area (Å²) in [6, 6.07) is 15.1. The number of aliphatic hydroxyl groups excluding tert-OH is 1. The molecule has 0 aliphatic carbocycles. The smallest absolute Gasteiger partial charge is 0.0471 e. The van der Waals surface area contributed by atoms with Crippen LogP contribution in [0.1, 0.15) is 18.4 Å². The van der Waals surface area contributed by atoms with E-state index in [1.165, 1.54) is 29.2 Å². The number of aliphatic hydroxyl groups is 1. The van der Waals surface area contributed by atoms with Crippen molar-refractivity contribution in [1.29, 1.82) is 0 Å². The van der Waals surface area contributed by atoms with Crippen molar-refractivity contribution in [1.82, 2.24) is 4.90 Å². The molecule has 0 unspecified atom stereocenters. The van der Waals surface area contributed by atoms with Crippen molar-refractivity contribution >= 4 is 10.8 Å². The minimum atomic E-state index is 0.325. The highest BCUT2D eigenvalue weighted by atomic mass is 16.3. The molecule has 0 amide bonds. The number of rotatable bonds is 3. The molecule has 1 aliphatic rings. The molecule has 1 heterocycles. The van der Waals surface area contributed by atoms with Gasteiger partial charge in [-0.05, 0) is 41.6 Å². The van der Waals surface area contributed by atoms with E-state index in [4.69, 9.17) is 0 Å². The quantitative estimate of drug-likeness (QED) is 0.911. The molecule has 100 valence electrons. The summed E-state index contributed by atoms with van der Waals surface area (Å²) >= 11 is 0. The largest absolute Gasteiger partial charge is 0.396 e. The van der Waals surface area contributed by atoms with Gasteiger partial charge in [0.1, 0.15) is 0 Å². The molecule has 19 heavy (non-hydrogen) atoms. The third-order valence-electron chi connectivity index (χ3n) is 4.14. The third-order valence-corrected chi connectivity index (χ3v) is 4.14. The van der Waals surface area contributed by atoms with Crippen LogP contribution in [0, 0.1) is 5.92 Å². The molecule has 2 nitrogen and oxygen atoms in total. The van der Waals surface area contributed by atoms with Crippen molar-refractivity contribution in [2.24, 2.45) is 5.92 Å². The van der Waals surface area contributed by atoms with Gasteiger partial charge in [-0.1, -0.05) is 42.5 Å². The Balaban J connectivity index is 1.81. The minimum absolute atomic E-state index is 0.325. The standard InChI is InChI=1S/C17H21NO/c19-13-14-5-4-10-18(11-14)12-16-8-3-7-15-6-1-2-9-17(15)16/h1-3,6-9,14,19H,4-5,10-13H2/t14-/m0/s1. The van der Waals surface area contributed by atoms with Crippen molar-refractivity contribution in [3.8, 4) is 0 Å². The lowest BCUT2D eigenvalue weighted by Gasteiger charge is -2.32. The summed E-state index contributed by atoms with van der Waals surface area (Å²) in [5, 5.41) is 12.0. The molecule has 1 saturated heterocycles. The Morgan fingerprint density at radius 3 is 2.84 bits per heavy atom. The highest BCUT2D eigenvalue weighted by molar-refractivity contribution is 5.85. The average molecular weight is 255 g/mol. The van der Waals surface area contributed by atoms with Crippen molar-refractivity contribution in [2.45, 2.75) is 19.4 Å². The second-order valence-corrected chi connectivity index (χ2v) is 5.56. The summed E-state index contributed by atoms with van der Waals surface area (Å²) in [6.07, 6.45) is 2.37. The maximum Gasteiger partial charge on any atom is 0.0471 e. The van der Waals surface area contributed by atoms with Crippen LogP contribution in [0.3, 0.4) is 0 Å². The van der Waals surface area contributed by atoms with Crippen LogP contribution in [-0.4, -0.2) is 29.7 Å². The van der Waals surface area contributed by atoms with E-state index in [1.54, 1.807) is 0 Å². The van der Waals surface area contributed by atoms with Crippen LogP contribution in [0.2, 0.25) is 0 Å². The second kappa shape index (κ2) is 5.72. The fourth-order valence-corrected chi connectivity index (χ4v) is 3.12. The minimum Gasteiger partial charge on any atom is -0.396 e. The van der Waals surface area contributed by atoms with Gasteiger partial charge < -0.3 is 5.11 Å². The number of hydrogen-bond donors (Lipinski definition) is 1. The van der Waals surface area contributed by atoms with E-state index in [0.29, 0.717) is 12.5 Å². The molecule has 2 aromatic carbocycles. The first-order valence-corrected chi connectivity index (χ1v) is 7.16. The van der Waals surface area contributed by atoms with Crippen LogP contribution in [-0.2, 0) is 6.54 Å². The zero-order chi connectivity index (χ0) is 13.1. The number of benzene rings is 2. The average Bonchev–Trinajstić information content (AvgIpc) is 2.48. The predicted molar refractivity (Wildman–Crippen MR) is 79.0 cm³/mol. The predicted octanol–water partition coefficient (Wildman–Crippen LogP) is 3.04. The summed E-state index contributed by atoms with van der Waals surface area (Å²) in [7, 11) is 0. The van der Waals surface area contributed by atoms with Crippen LogP contribution < -0.4 is 0 Å². The molecular weight excluding hydrogens is 234 g/mol. The van der Waals surface area contributed by atoms with E-state index in [9.17, 15) is 5.11 Å². The lowest BCUT2D eigenvalue weighted by molar-refractivity contribution is 0.116. The molecule has 0 spiro atoms. The Morgan fingerprint density at radius 2 is 1.95 bits per heavy atom. The molecule has 0 saturated carbocycles. The van der Waals surface area contributed by atoms with Crippen LogP contribution >= 0.6 is 0 Å². The first kappa shape index (κ1) is 12.6. The summed E-state index contributed by atoms with van der Waals surface area (Å²) in [4.78, 5) is 2.48. The molecule has 2 heteroatoms. The molecule has 1 N–H and O–H groups in total. The second-order valence-electron chi connectivity index (χ2n) is 5.56. The van der Waals surface area contributed by atoms with E-state index in [-0.39, 0.29) is 0 Å². The summed E-state index contributed by atoms with van der Waals surface area (Å²) < 4.78 is 0. The molecule has 1 atom stereocenters. The van der Waals surface area contributed by atoms with Gasteiger partial charge in [0.15, 0.2) is 0 Å². The van der Waals surface area contributed by atoms with Crippen LogP contribution in [0.15, 0.2) is 42.5 Å². The molecule has 0 bridgehead atoms. The fraction of sp³-hybridized carbons (Fsp3) is 0.412. The zero-order valence-electron chi connectivity index (χ0n) is 11.3. The van der Waals surface area contributed by atoms with Gasteiger partial charge in [-0.15, -0.1) is 0 Å². The summed E-state index contributed by atoms with van der Waals surface area (Å²) in [6.45, 7) is 3.50. The number of likely N-dealkylation sites (tertiary alicyclic amines) is 1. The molecule has 1 aliphatic heterocycles. The summed E-state index contributed by atoms with van der Waals surface area (Å²) in [5.74, 6) is 0.462. The molecule has 2 aromatic rings. The van der Waals surface area contributed by atoms with E-state index < -0.39 is 0 Å². The molecule has 3 rings (SSSR count). The number of hydrogen-bond acceptors (Lipinski definition) is 2. The maximum absolute atomic E-state index is 9.32. The zero-order valence-corrected chi connectivity index (χ0v) is 11.3. The molecular formula is C17H21NO.